The number of hydrogen-bond donors (Lipinski definition) is 1. The zero-order valence-corrected chi connectivity index (χ0v) is 13.0. The van der Waals surface area contributed by atoms with Crippen molar-refractivity contribution in [3.05, 3.63) is 57.3 Å². The zero-order valence-electron chi connectivity index (χ0n) is 10.7. The smallest absolute Gasteiger partial charge is 0.337 e. The average molecular weight is 356 g/mol. The molecule has 0 saturated carbocycles. The van der Waals surface area contributed by atoms with Crippen LogP contribution in [0.4, 0.5) is 5.69 Å². The Morgan fingerprint density at radius 2 is 2.10 bits per heavy atom. The third-order valence-electron chi connectivity index (χ3n) is 2.66. The van der Waals surface area contributed by atoms with Crippen LogP contribution in [-0.2, 0) is 11.3 Å². The Bertz CT molecular complexity index is 617. The topological polar surface area (TPSA) is 51.2 Å². The molecular formula is C14H12BrClN2O2. The molecule has 2 rings (SSSR count). The summed E-state index contributed by atoms with van der Waals surface area (Å²) in [6.07, 6.45) is 1.64. The lowest BCUT2D eigenvalue weighted by atomic mass is 10.1. The SMILES string of the molecule is COC(=O)c1ccc(CNc2cc(Br)cnc2Cl)cc1. The molecular weight excluding hydrogens is 344 g/mol. The number of nitrogens with zero attached hydrogens (tertiary/aromatic N) is 1. The lowest BCUT2D eigenvalue weighted by molar-refractivity contribution is 0.0600. The minimum Gasteiger partial charge on any atom is -0.465 e. The summed E-state index contributed by atoms with van der Waals surface area (Å²) < 4.78 is 5.50. The van der Waals surface area contributed by atoms with Gasteiger partial charge in [-0.3, -0.25) is 0 Å². The first kappa shape index (κ1) is 14.8. The molecule has 6 heteroatoms. The van der Waals surface area contributed by atoms with E-state index >= 15 is 0 Å². The molecule has 1 N–H and O–H groups in total. The highest BCUT2D eigenvalue weighted by atomic mass is 79.9. The van der Waals surface area contributed by atoms with Gasteiger partial charge in [-0.1, -0.05) is 23.7 Å². The number of carbonyl (C=O) groups is 1. The van der Waals surface area contributed by atoms with Gasteiger partial charge in [0, 0.05) is 17.2 Å². The molecule has 1 aromatic heterocycles. The van der Waals surface area contributed by atoms with Crippen LogP contribution in [0.15, 0.2) is 41.0 Å². The minimum absolute atomic E-state index is 0.344. The van der Waals surface area contributed by atoms with Crippen LogP contribution in [0, 0.1) is 0 Å². The van der Waals surface area contributed by atoms with E-state index in [9.17, 15) is 4.79 Å². The first-order valence-electron chi connectivity index (χ1n) is 5.82. The third-order valence-corrected chi connectivity index (χ3v) is 3.40. The van der Waals surface area contributed by atoms with Gasteiger partial charge in [-0.05, 0) is 39.7 Å². The van der Waals surface area contributed by atoms with Crippen molar-refractivity contribution in [1.82, 2.24) is 4.98 Å². The number of esters is 1. The quantitative estimate of drug-likeness (QED) is 0.667. The van der Waals surface area contributed by atoms with Crippen LogP contribution in [0.2, 0.25) is 5.15 Å². The Hall–Kier alpha value is -1.59. The van der Waals surface area contributed by atoms with Crippen molar-refractivity contribution >= 4 is 39.2 Å². The van der Waals surface area contributed by atoms with Crippen molar-refractivity contribution in [2.24, 2.45) is 0 Å². The Kier molecular flexibility index (Phi) is 4.98. The molecule has 0 aliphatic carbocycles. The number of ether oxygens (including phenoxy) is 1. The predicted octanol–water partition coefficient (Wildman–Crippen LogP) is 3.90. The maximum atomic E-state index is 11.3. The molecule has 1 aromatic carbocycles. The summed E-state index contributed by atoms with van der Waals surface area (Å²) in [7, 11) is 1.36. The van der Waals surface area contributed by atoms with Gasteiger partial charge in [-0.2, -0.15) is 0 Å². The van der Waals surface area contributed by atoms with Crippen molar-refractivity contribution in [2.45, 2.75) is 6.54 Å². The number of anilines is 1. The molecule has 0 unspecified atom stereocenters. The number of methoxy groups -OCH3 is 1. The zero-order chi connectivity index (χ0) is 14.5. The molecule has 2 aromatic rings. The van der Waals surface area contributed by atoms with E-state index in [-0.39, 0.29) is 5.97 Å². The molecule has 0 aliphatic heterocycles. The molecule has 20 heavy (non-hydrogen) atoms. The van der Waals surface area contributed by atoms with Crippen LogP contribution < -0.4 is 5.32 Å². The van der Waals surface area contributed by atoms with Gasteiger partial charge < -0.3 is 10.1 Å². The average Bonchev–Trinajstić information content (AvgIpc) is 2.48. The van der Waals surface area contributed by atoms with Gasteiger partial charge in [0.05, 0.1) is 18.4 Å². The number of halogens is 2. The molecule has 0 amide bonds. The second-order valence-corrected chi connectivity index (χ2v) is 5.31. The highest BCUT2D eigenvalue weighted by Gasteiger charge is 2.05. The Morgan fingerprint density at radius 1 is 1.40 bits per heavy atom. The Morgan fingerprint density at radius 3 is 2.75 bits per heavy atom. The molecule has 1 heterocycles. The summed E-state index contributed by atoms with van der Waals surface area (Å²) in [6.45, 7) is 0.583. The van der Waals surface area contributed by atoms with Crippen LogP contribution in [0.1, 0.15) is 15.9 Å². The van der Waals surface area contributed by atoms with Gasteiger partial charge in [0.15, 0.2) is 5.15 Å². The molecule has 0 radical (unpaired) electrons. The maximum absolute atomic E-state index is 11.3. The fraction of sp³-hybridized carbons (Fsp3) is 0.143. The largest absolute Gasteiger partial charge is 0.465 e. The summed E-state index contributed by atoms with van der Waals surface area (Å²) in [4.78, 5) is 15.4. The summed E-state index contributed by atoms with van der Waals surface area (Å²) >= 11 is 9.34. The van der Waals surface area contributed by atoms with E-state index in [4.69, 9.17) is 11.6 Å². The van der Waals surface area contributed by atoms with E-state index in [1.807, 2.05) is 18.2 Å². The van der Waals surface area contributed by atoms with Crippen molar-refractivity contribution in [3.8, 4) is 0 Å². The van der Waals surface area contributed by atoms with Crippen LogP contribution in [0.25, 0.3) is 0 Å². The fourth-order valence-corrected chi connectivity index (χ4v) is 2.12. The van der Waals surface area contributed by atoms with E-state index in [0.29, 0.717) is 17.3 Å². The first-order valence-corrected chi connectivity index (χ1v) is 6.99. The number of nitrogens with one attached hydrogen (secondary N) is 1. The van der Waals surface area contributed by atoms with Crippen LogP contribution in [0.3, 0.4) is 0 Å². The second-order valence-electron chi connectivity index (χ2n) is 4.03. The van der Waals surface area contributed by atoms with E-state index in [0.717, 1.165) is 15.7 Å². The minimum atomic E-state index is -0.344. The monoisotopic (exact) mass is 354 g/mol. The van der Waals surface area contributed by atoms with Gasteiger partial charge in [-0.25, -0.2) is 9.78 Å². The van der Waals surface area contributed by atoms with Gasteiger partial charge in [-0.15, -0.1) is 0 Å². The summed E-state index contributed by atoms with van der Waals surface area (Å²) in [5.74, 6) is -0.344. The summed E-state index contributed by atoms with van der Waals surface area (Å²) in [5, 5.41) is 3.61. The molecule has 0 saturated heterocycles. The van der Waals surface area contributed by atoms with E-state index in [1.165, 1.54) is 7.11 Å². The molecule has 0 bridgehead atoms. The van der Waals surface area contributed by atoms with Crippen molar-refractivity contribution in [1.29, 1.82) is 0 Å². The number of rotatable bonds is 4. The van der Waals surface area contributed by atoms with Crippen molar-refractivity contribution in [2.75, 3.05) is 12.4 Å². The Labute approximate surface area is 130 Å². The standard InChI is InChI=1S/C14H12BrClN2O2/c1-20-14(19)10-4-2-9(3-5-10)7-17-12-6-11(15)8-18-13(12)16/h2-6,8,17H,7H2,1H3. The molecule has 0 atom stereocenters. The van der Waals surface area contributed by atoms with Crippen LogP contribution >= 0.6 is 27.5 Å². The molecule has 0 fully saturated rings. The highest BCUT2D eigenvalue weighted by Crippen LogP contribution is 2.23. The fourth-order valence-electron chi connectivity index (χ4n) is 1.62. The van der Waals surface area contributed by atoms with Crippen LogP contribution in [-0.4, -0.2) is 18.1 Å². The first-order chi connectivity index (χ1) is 9.60. The maximum Gasteiger partial charge on any atom is 0.337 e. The van der Waals surface area contributed by atoms with Gasteiger partial charge in [0.25, 0.3) is 0 Å². The lowest BCUT2D eigenvalue weighted by Crippen LogP contribution is -2.03. The summed E-state index contributed by atoms with van der Waals surface area (Å²) in [5.41, 5.74) is 2.30. The molecule has 0 aliphatic rings. The van der Waals surface area contributed by atoms with Crippen molar-refractivity contribution in [3.63, 3.8) is 0 Å². The number of aromatic nitrogens is 1. The summed E-state index contributed by atoms with van der Waals surface area (Å²) in [6, 6.07) is 9.03. The normalized spacial score (nSPS) is 10.2. The van der Waals surface area contributed by atoms with E-state index in [1.54, 1.807) is 18.3 Å². The third kappa shape index (κ3) is 3.71. The molecule has 104 valence electrons. The molecule has 0 spiro atoms. The van der Waals surface area contributed by atoms with E-state index < -0.39 is 0 Å². The van der Waals surface area contributed by atoms with Crippen LogP contribution in [0.5, 0.6) is 0 Å². The molecule has 4 nitrogen and oxygen atoms in total. The van der Waals surface area contributed by atoms with E-state index in [2.05, 4.69) is 31.0 Å². The van der Waals surface area contributed by atoms with Gasteiger partial charge >= 0.3 is 5.97 Å². The number of carbonyl (C=O) groups excluding carboxylic acids is 1. The van der Waals surface area contributed by atoms with Crippen molar-refractivity contribution < 1.29 is 9.53 Å². The lowest BCUT2D eigenvalue weighted by Gasteiger charge is -2.08. The second kappa shape index (κ2) is 6.72. The Balaban J connectivity index is 2.04. The van der Waals surface area contributed by atoms with Gasteiger partial charge in [0.1, 0.15) is 0 Å². The van der Waals surface area contributed by atoms with Gasteiger partial charge in [0.2, 0.25) is 0 Å². The number of hydrogen-bond acceptors (Lipinski definition) is 4. The predicted molar refractivity (Wildman–Crippen MR) is 82.1 cm³/mol. The number of pyridine rings is 1. The highest BCUT2D eigenvalue weighted by molar-refractivity contribution is 9.10. The number of benzene rings is 1.